The van der Waals surface area contributed by atoms with Crippen LogP contribution in [0.15, 0.2) is 79.0 Å². The SMILES string of the molecule is CCCOCCNc1cc(-c2cccc3c2Sc2ccccc2S3)[nH]c(=O)c1. The lowest BCUT2D eigenvalue weighted by molar-refractivity contribution is 0.144. The van der Waals surface area contributed by atoms with E-state index in [1.807, 2.05) is 12.1 Å². The number of rotatable bonds is 7. The van der Waals surface area contributed by atoms with Crippen LogP contribution in [-0.2, 0) is 4.74 Å². The maximum atomic E-state index is 12.2. The van der Waals surface area contributed by atoms with Gasteiger partial charge in [-0.25, -0.2) is 0 Å². The number of ether oxygens (including phenoxy) is 1. The molecule has 3 aromatic rings. The first-order valence-corrected chi connectivity index (χ1v) is 11.0. The molecule has 0 amide bonds. The second kappa shape index (κ2) is 8.90. The summed E-state index contributed by atoms with van der Waals surface area (Å²) in [6.45, 7) is 4.15. The van der Waals surface area contributed by atoms with Crippen molar-refractivity contribution in [3.05, 3.63) is 65.0 Å². The molecule has 1 aliphatic rings. The fourth-order valence-electron chi connectivity index (χ4n) is 3.07. The Morgan fingerprint density at radius 2 is 1.75 bits per heavy atom. The summed E-state index contributed by atoms with van der Waals surface area (Å²) in [7, 11) is 0. The first-order chi connectivity index (χ1) is 13.7. The number of hydrogen-bond donors (Lipinski definition) is 2. The largest absolute Gasteiger partial charge is 0.383 e. The summed E-state index contributed by atoms with van der Waals surface area (Å²) < 4.78 is 5.50. The van der Waals surface area contributed by atoms with Crippen molar-refractivity contribution in [2.24, 2.45) is 0 Å². The molecule has 144 valence electrons. The van der Waals surface area contributed by atoms with Gasteiger partial charge in [-0.3, -0.25) is 4.79 Å². The van der Waals surface area contributed by atoms with Crippen LogP contribution < -0.4 is 10.9 Å². The van der Waals surface area contributed by atoms with Crippen molar-refractivity contribution in [1.82, 2.24) is 4.98 Å². The van der Waals surface area contributed by atoms with E-state index in [0.29, 0.717) is 13.2 Å². The maximum absolute atomic E-state index is 12.2. The van der Waals surface area contributed by atoms with E-state index in [1.54, 1.807) is 29.6 Å². The Bertz CT molecular complexity index is 1030. The van der Waals surface area contributed by atoms with Crippen LogP contribution in [0.1, 0.15) is 13.3 Å². The Labute approximate surface area is 173 Å². The number of H-pyrrole nitrogens is 1. The van der Waals surface area contributed by atoms with E-state index < -0.39 is 0 Å². The van der Waals surface area contributed by atoms with Crippen LogP contribution in [-0.4, -0.2) is 24.7 Å². The van der Waals surface area contributed by atoms with Crippen LogP contribution in [0.4, 0.5) is 5.69 Å². The molecular weight excluding hydrogens is 388 g/mol. The second-order valence-corrected chi connectivity index (χ2v) is 8.61. The molecule has 4 nitrogen and oxygen atoms in total. The third-order valence-corrected chi connectivity index (χ3v) is 6.93. The highest BCUT2D eigenvalue weighted by Crippen LogP contribution is 2.51. The van der Waals surface area contributed by atoms with Crippen LogP contribution in [0.5, 0.6) is 0 Å². The number of fused-ring (bicyclic) bond motifs is 2. The molecule has 0 bridgehead atoms. The van der Waals surface area contributed by atoms with Gasteiger partial charge in [-0.1, -0.05) is 54.7 Å². The van der Waals surface area contributed by atoms with Crippen molar-refractivity contribution in [2.75, 3.05) is 25.1 Å². The van der Waals surface area contributed by atoms with E-state index >= 15 is 0 Å². The fourth-order valence-corrected chi connectivity index (χ4v) is 5.46. The molecule has 0 saturated carbocycles. The Morgan fingerprint density at radius 1 is 0.964 bits per heavy atom. The maximum Gasteiger partial charge on any atom is 0.250 e. The predicted octanol–water partition coefficient (Wildman–Crippen LogP) is 5.50. The first-order valence-electron chi connectivity index (χ1n) is 9.38. The molecule has 6 heteroatoms. The van der Waals surface area contributed by atoms with Crippen molar-refractivity contribution in [3.63, 3.8) is 0 Å². The summed E-state index contributed by atoms with van der Waals surface area (Å²) in [5.41, 5.74) is 2.58. The van der Waals surface area contributed by atoms with Gasteiger partial charge < -0.3 is 15.0 Å². The summed E-state index contributed by atoms with van der Waals surface area (Å²) in [5.74, 6) is 0. The average molecular weight is 411 g/mol. The number of aromatic nitrogens is 1. The molecule has 0 spiro atoms. The fraction of sp³-hybridized carbons (Fsp3) is 0.227. The summed E-state index contributed by atoms with van der Waals surface area (Å²) in [6.07, 6.45) is 1.01. The molecule has 2 aromatic carbocycles. The van der Waals surface area contributed by atoms with E-state index in [1.165, 1.54) is 19.6 Å². The number of anilines is 1. The Morgan fingerprint density at radius 3 is 2.57 bits per heavy atom. The minimum Gasteiger partial charge on any atom is -0.383 e. The van der Waals surface area contributed by atoms with Gasteiger partial charge in [-0.05, 0) is 30.7 Å². The Hall–Kier alpha value is -2.15. The molecule has 1 aliphatic heterocycles. The zero-order valence-corrected chi connectivity index (χ0v) is 17.3. The minimum atomic E-state index is -0.110. The van der Waals surface area contributed by atoms with Crippen LogP contribution in [0.3, 0.4) is 0 Å². The minimum absolute atomic E-state index is 0.110. The molecule has 4 rings (SSSR count). The van der Waals surface area contributed by atoms with Crippen LogP contribution in [0.2, 0.25) is 0 Å². The molecular formula is C22H22N2O2S2. The van der Waals surface area contributed by atoms with Crippen LogP contribution in [0.25, 0.3) is 11.3 Å². The smallest absolute Gasteiger partial charge is 0.250 e. The van der Waals surface area contributed by atoms with Gasteiger partial charge in [-0.15, -0.1) is 0 Å². The van der Waals surface area contributed by atoms with Crippen molar-refractivity contribution >= 4 is 29.2 Å². The van der Waals surface area contributed by atoms with Gasteiger partial charge in [-0.2, -0.15) is 0 Å². The molecule has 0 radical (unpaired) electrons. The number of benzene rings is 2. The first kappa shape index (κ1) is 19.2. The quantitative estimate of drug-likeness (QED) is 0.394. The summed E-state index contributed by atoms with van der Waals surface area (Å²) in [6, 6.07) is 18.3. The van der Waals surface area contributed by atoms with Crippen LogP contribution >= 0.6 is 23.5 Å². The highest BCUT2D eigenvalue weighted by Gasteiger charge is 2.20. The van der Waals surface area contributed by atoms with Crippen molar-refractivity contribution in [1.29, 1.82) is 0 Å². The molecule has 0 aliphatic carbocycles. The lowest BCUT2D eigenvalue weighted by Crippen LogP contribution is -2.13. The lowest BCUT2D eigenvalue weighted by atomic mass is 10.1. The van der Waals surface area contributed by atoms with Gasteiger partial charge in [0.05, 0.1) is 12.3 Å². The van der Waals surface area contributed by atoms with E-state index in [-0.39, 0.29) is 5.56 Å². The monoisotopic (exact) mass is 410 g/mol. The van der Waals surface area contributed by atoms with Crippen molar-refractivity contribution in [3.8, 4) is 11.3 Å². The van der Waals surface area contributed by atoms with Gasteiger partial charge >= 0.3 is 0 Å². The summed E-state index contributed by atoms with van der Waals surface area (Å²) in [4.78, 5) is 20.2. The molecule has 28 heavy (non-hydrogen) atoms. The predicted molar refractivity (Wildman–Crippen MR) is 117 cm³/mol. The van der Waals surface area contributed by atoms with Crippen molar-refractivity contribution in [2.45, 2.75) is 32.9 Å². The molecule has 0 unspecified atom stereocenters. The van der Waals surface area contributed by atoms with Crippen molar-refractivity contribution < 1.29 is 4.74 Å². The van der Waals surface area contributed by atoms with E-state index in [2.05, 4.69) is 53.6 Å². The average Bonchev–Trinajstić information content (AvgIpc) is 2.71. The number of nitrogens with one attached hydrogen (secondary N) is 2. The zero-order valence-electron chi connectivity index (χ0n) is 15.7. The molecule has 0 atom stereocenters. The number of aromatic amines is 1. The normalized spacial score (nSPS) is 12.3. The van der Waals surface area contributed by atoms with Gasteiger partial charge in [0.25, 0.3) is 0 Å². The van der Waals surface area contributed by atoms with E-state index in [4.69, 9.17) is 4.74 Å². The van der Waals surface area contributed by atoms with Gasteiger partial charge in [0.15, 0.2) is 0 Å². The van der Waals surface area contributed by atoms with Gasteiger partial charge in [0.2, 0.25) is 5.56 Å². The number of pyridine rings is 1. The molecule has 0 saturated heterocycles. The summed E-state index contributed by atoms with van der Waals surface area (Å²) >= 11 is 3.54. The Kier molecular flexibility index (Phi) is 6.10. The van der Waals surface area contributed by atoms with E-state index in [9.17, 15) is 4.79 Å². The molecule has 0 fully saturated rings. The molecule has 2 N–H and O–H groups in total. The topological polar surface area (TPSA) is 54.1 Å². The second-order valence-electron chi connectivity index (χ2n) is 6.47. The highest BCUT2D eigenvalue weighted by atomic mass is 32.2. The lowest BCUT2D eigenvalue weighted by Gasteiger charge is -2.21. The molecule has 2 heterocycles. The standard InChI is InChI=1S/C22H22N2O2S2/c1-2-11-26-12-10-23-15-13-17(24-21(25)14-15)16-6-5-9-20-22(16)28-19-8-4-3-7-18(19)27-20/h3-9,13-14H,2,10-12H2,1H3,(H2,23,24,25). The molecule has 1 aromatic heterocycles. The zero-order chi connectivity index (χ0) is 19.3. The number of hydrogen-bond acceptors (Lipinski definition) is 5. The summed E-state index contributed by atoms with van der Waals surface area (Å²) in [5, 5.41) is 3.29. The van der Waals surface area contributed by atoms with E-state index in [0.717, 1.165) is 30.0 Å². The van der Waals surface area contributed by atoms with Gasteiger partial charge in [0.1, 0.15) is 0 Å². The van der Waals surface area contributed by atoms with Crippen LogP contribution in [0, 0.1) is 0 Å². The highest BCUT2D eigenvalue weighted by molar-refractivity contribution is 8.05. The Balaban J connectivity index is 1.61. The third-order valence-electron chi connectivity index (χ3n) is 4.32. The van der Waals surface area contributed by atoms with Gasteiger partial charge in [0, 0.05) is 50.1 Å². The third kappa shape index (κ3) is 4.29.